The zero-order valence-corrected chi connectivity index (χ0v) is 11.3. The van der Waals surface area contributed by atoms with Gasteiger partial charge in [-0.3, -0.25) is 9.80 Å². The minimum absolute atomic E-state index is 0.634. The fraction of sp³-hybridized carbons (Fsp3) is 0.714. The molecule has 0 amide bonds. The number of rotatable bonds is 2. The smallest absolute Gasteiger partial charge is 0.125 e. The van der Waals surface area contributed by atoms with E-state index in [2.05, 4.69) is 26.7 Å². The molecule has 0 aromatic carbocycles. The molecule has 2 atom stereocenters. The van der Waals surface area contributed by atoms with Gasteiger partial charge in [-0.1, -0.05) is 0 Å². The average molecular weight is 246 g/mol. The predicted molar refractivity (Wildman–Crippen MR) is 71.2 cm³/mol. The molecule has 0 saturated carbocycles. The summed E-state index contributed by atoms with van der Waals surface area (Å²) in [7, 11) is 0. The largest absolute Gasteiger partial charge is 0.298 e. The van der Waals surface area contributed by atoms with Gasteiger partial charge in [-0.25, -0.2) is 9.97 Å². The lowest BCUT2D eigenvalue weighted by molar-refractivity contribution is 0.0531. The van der Waals surface area contributed by atoms with Gasteiger partial charge < -0.3 is 0 Å². The van der Waals surface area contributed by atoms with E-state index in [4.69, 9.17) is 0 Å². The highest BCUT2D eigenvalue weighted by Gasteiger charge is 2.34. The van der Waals surface area contributed by atoms with Gasteiger partial charge in [0, 0.05) is 37.9 Å². The molecule has 2 fully saturated rings. The Balaban J connectivity index is 1.68. The minimum atomic E-state index is 0.634. The fourth-order valence-electron chi connectivity index (χ4n) is 3.27. The van der Waals surface area contributed by atoms with Crippen LogP contribution in [0.25, 0.3) is 0 Å². The van der Waals surface area contributed by atoms with Crippen molar-refractivity contribution in [3.05, 3.63) is 23.8 Å². The van der Waals surface area contributed by atoms with Gasteiger partial charge in [0.1, 0.15) is 5.82 Å². The lowest BCUT2D eigenvalue weighted by atomic mass is 10.1. The van der Waals surface area contributed by atoms with Crippen molar-refractivity contribution >= 4 is 0 Å². The fourth-order valence-corrected chi connectivity index (χ4v) is 3.27. The zero-order valence-electron chi connectivity index (χ0n) is 11.3. The third-order valence-electron chi connectivity index (χ3n) is 4.27. The molecule has 2 saturated heterocycles. The van der Waals surface area contributed by atoms with Crippen molar-refractivity contribution in [3.8, 4) is 0 Å². The molecule has 3 heterocycles. The predicted octanol–water partition coefficient (Wildman–Crippen LogP) is 1.45. The van der Waals surface area contributed by atoms with E-state index < -0.39 is 0 Å². The van der Waals surface area contributed by atoms with Gasteiger partial charge in [-0.15, -0.1) is 0 Å². The number of fused-ring (bicyclic) bond motifs is 1. The summed E-state index contributed by atoms with van der Waals surface area (Å²) in [6.45, 7) is 8.98. The Hall–Kier alpha value is -1.00. The maximum absolute atomic E-state index is 4.52. The Kier molecular flexibility index (Phi) is 3.31. The molecule has 0 aliphatic carbocycles. The summed E-state index contributed by atoms with van der Waals surface area (Å²) in [4.78, 5) is 13.9. The van der Waals surface area contributed by atoms with Crippen LogP contribution >= 0.6 is 0 Å². The van der Waals surface area contributed by atoms with Crippen LogP contribution in [0.5, 0.6) is 0 Å². The Labute approximate surface area is 109 Å². The van der Waals surface area contributed by atoms with Crippen molar-refractivity contribution < 1.29 is 0 Å². The second kappa shape index (κ2) is 4.94. The molecule has 1 aromatic heterocycles. The molecule has 4 nitrogen and oxygen atoms in total. The van der Waals surface area contributed by atoms with Crippen LogP contribution < -0.4 is 0 Å². The molecule has 0 N–H and O–H groups in total. The summed E-state index contributed by atoms with van der Waals surface area (Å²) in [6, 6.07) is 3.46. The second-order valence-corrected chi connectivity index (χ2v) is 5.66. The number of piperazine rings is 1. The van der Waals surface area contributed by atoms with Crippen molar-refractivity contribution in [2.24, 2.45) is 0 Å². The summed E-state index contributed by atoms with van der Waals surface area (Å²) in [5.41, 5.74) is 1.15. The minimum Gasteiger partial charge on any atom is -0.298 e. The molecular weight excluding hydrogens is 224 g/mol. The first-order valence-electron chi connectivity index (χ1n) is 6.99. The lowest BCUT2D eigenvalue weighted by Crippen LogP contribution is -2.54. The van der Waals surface area contributed by atoms with Gasteiger partial charge in [-0.05, 0) is 39.3 Å². The molecule has 0 spiro atoms. The highest BCUT2D eigenvalue weighted by Crippen LogP contribution is 2.25. The summed E-state index contributed by atoms with van der Waals surface area (Å²) in [5.74, 6) is 0.875. The maximum Gasteiger partial charge on any atom is 0.125 e. The number of aromatic nitrogens is 2. The molecule has 0 bridgehead atoms. The first kappa shape index (κ1) is 12.1. The molecule has 3 rings (SSSR count). The quantitative estimate of drug-likeness (QED) is 0.790. The molecule has 98 valence electrons. The third-order valence-corrected chi connectivity index (χ3v) is 4.27. The van der Waals surface area contributed by atoms with Crippen molar-refractivity contribution in [3.63, 3.8) is 0 Å². The third kappa shape index (κ3) is 2.40. The summed E-state index contributed by atoms with van der Waals surface area (Å²) in [5, 5.41) is 0. The number of nitrogens with zero attached hydrogens (tertiary/aromatic N) is 4. The monoisotopic (exact) mass is 246 g/mol. The van der Waals surface area contributed by atoms with Gasteiger partial charge in [0.05, 0.1) is 5.69 Å². The van der Waals surface area contributed by atoms with Crippen molar-refractivity contribution in [1.29, 1.82) is 0 Å². The van der Waals surface area contributed by atoms with E-state index in [1.165, 1.54) is 32.5 Å². The Morgan fingerprint density at radius 1 is 1.39 bits per heavy atom. The standard InChI is InChI=1S/C14H22N4/c1-11-8-17-7-3-4-14(17)10-18(11)9-13-5-6-15-12(2)16-13/h5-6,11,14H,3-4,7-10H2,1-2H3/t11-,14?/m1/s1. The van der Waals surface area contributed by atoms with Gasteiger partial charge in [0.25, 0.3) is 0 Å². The highest BCUT2D eigenvalue weighted by molar-refractivity contribution is 5.03. The molecule has 1 aromatic rings. The van der Waals surface area contributed by atoms with Gasteiger partial charge >= 0.3 is 0 Å². The van der Waals surface area contributed by atoms with Gasteiger partial charge in [0.2, 0.25) is 0 Å². The van der Waals surface area contributed by atoms with E-state index >= 15 is 0 Å². The van der Waals surface area contributed by atoms with Crippen LogP contribution in [0, 0.1) is 6.92 Å². The van der Waals surface area contributed by atoms with Gasteiger partial charge in [-0.2, -0.15) is 0 Å². The second-order valence-electron chi connectivity index (χ2n) is 5.66. The SMILES string of the molecule is Cc1nccc(CN2CC3CCCN3C[C@H]2C)n1. The van der Waals surface area contributed by atoms with E-state index in [0.29, 0.717) is 6.04 Å². The van der Waals surface area contributed by atoms with Crippen LogP contribution in [0.15, 0.2) is 12.3 Å². The molecule has 2 aliphatic heterocycles. The Bertz CT molecular complexity index is 420. The van der Waals surface area contributed by atoms with E-state index in [-0.39, 0.29) is 0 Å². The molecule has 1 unspecified atom stereocenters. The summed E-state index contributed by atoms with van der Waals surface area (Å²) in [6.07, 6.45) is 4.61. The highest BCUT2D eigenvalue weighted by atomic mass is 15.3. The number of hydrogen-bond donors (Lipinski definition) is 0. The van der Waals surface area contributed by atoms with Crippen LogP contribution in [0.1, 0.15) is 31.3 Å². The number of aryl methyl sites for hydroxylation is 1. The molecule has 2 aliphatic rings. The number of hydrogen-bond acceptors (Lipinski definition) is 4. The molecule has 4 heteroatoms. The van der Waals surface area contributed by atoms with Crippen molar-refractivity contribution in [2.45, 2.75) is 45.3 Å². The van der Waals surface area contributed by atoms with Crippen LogP contribution in [0.2, 0.25) is 0 Å². The average Bonchev–Trinajstić information content (AvgIpc) is 2.76. The van der Waals surface area contributed by atoms with Crippen molar-refractivity contribution in [2.75, 3.05) is 19.6 Å². The lowest BCUT2D eigenvalue weighted by Gasteiger charge is -2.42. The van der Waals surface area contributed by atoms with E-state index in [9.17, 15) is 0 Å². The summed E-state index contributed by atoms with van der Waals surface area (Å²) < 4.78 is 0. The van der Waals surface area contributed by atoms with E-state index in [1.807, 2.05) is 19.2 Å². The Morgan fingerprint density at radius 2 is 2.28 bits per heavy atom. The summed E-state index contributed by atoms with van der Waals surface area (Å²) >= 11 is 0. The van der Waals surface area contributed by atoms with E-state index in [1.54, 1.807) is 0 Å². The normalized spacial score (nSPS) is 29.4. The van der Waals surface area contributed by atoms with Crippen LogP contribution in [-0.2, 0) is 6.54 Å². The Morgan fingerprint density at radius 3 is 3.11 bits per heavy atom. The first-order chi connectivity index (χ1) is 8.72. The molecule has 0 radical (unpaired) electrons. The first-order valence-corrected chi connectivity index (χ1v) is 6.99. The topological polar surface area (TPSA) is 32.3 Å². The van der Waals surface area contributed by atoms with Crippen molar-refractivity contribution in [1.82, 2.24) is 19.8 Å². The van der Waals surface area contributed by atoms with Gasteiger partial charge in [0.15, 0.2) is 0 Å². The maximum atomic E-state index is 4.52. The zero-order chi connectivity index (χ0) is 12.5. The van der Waals surface area contributed by atoms with Crippen LogP contribution in [0.4, 0.5) is 0 Å². The van der Waals surface area contributed by atoms with Crippen LogP contribution in [0.3, 0.4) is 0 Å². The van der Waals surface area contributed by atoms with E-state index in [0.717, 1.165) is 24.1 Å². The van der Waals surface area contributed by atoms with Crippen LogP contribution in [-0.4, -0.2) is 51.5 Å². The molecular formula is C14H22N4. The molecule has 18 heavy (non-hydrogen) atoms.